The molecular weight excluding hydrogens is 564 g/mol. The number of nitrogens with zero attached hydrogens (tertiary/aromatic N) is 5. The van der Waals surface area contributed by atoms with Gasteiger partial charge in [-0.15, -0.1) is 0 Å². The number of fused-ring (bicyclic) bond motifs is 1. The third-order valence-electron chi connectivity index (χ3n) is 7.25. The van der Waals surface area contributed by atoms with E-state index in [4.69, 9.17) is 5.10 Å². The number of benzene rings is 3. The molecule has 3 aromatic carbocycles. The number of rotatable bonds is 7. The van der Waals surface area contributed by atoms with Crippen molar-refractivity contribution >= 4 is 17.6 Å². The van der Waals surface area contributed by atoms with Gasteiger partial charge in [0, 0.05) is 30.6 Å². The topological polar surface area (TPSA) is 94.3 Å². The van der Waals surface area contributed by atoms with E-state index in [0.29, 0.717) is 28.3 Å². The Hall–Kier alpha value is -5.18. The summed E-state index contributed by atoms with van der Waals surface area (Å²) < 4.78 is 55.8. The number of likely N-dealkylation sites (N-methyl/N-ethyl adjacent to an activating group) is 1. The summed E-state index contributed by atoms with van der Waals surface area (Å²) in [5, 5.41) is 17.0. The zero-order valence-electron chi connectivity index (χ0n) is 23.1. The second-order valence-corrected chi connectivity index (χ2v) is 10.0. The highest BCUT2D eigenvalue weighted by Gasteiger charge is 2.46. The number of nitriles is 1. The van der Waals surface area contributed by atoms with E-state index in [9.17, 15) is 32.4 Å². The van der Waals surface area contributed by atoms with Crippen molar-refractivity contribution in [2.24, 2.45) is 0 Å². The highest BCUT2D eigenvalue weighted by molar-refractivity contribution is 6.05. The van der Waals surface area contributed by atoms with E-state index in [2.05, 4.69) is 5.32 Å². The number of carbonyl (C=O) groups is 2. The van der Waals surface area contributed by atoms with Crippen LogP contribution in [0.3, 0.4) is 0 Å². The Labute approximate surface area is 244 Å². The molecule has 0 saturated carbocycles. The molecule has 12 heteroatoms. The molecule has 8 nitrogen and oxygen atoms in total. The van der Waals surface area contributed by atoms with Gasteiger partial charge in [0.15, 0.2) is 6.19 Å². The molecule has 4 aromatic rings. The Morgan fingerprint density at radius 1 is 1.07 bits per heavy atom. The van der Waals surface area contributed by atoms with Crippen LogP contribution < -0.4 is 10.2 Å². The summed E-state index contributed by atoms with van der Waals surface area (Å²) in [7, 11) is 1.57. The first-order valence-corrected chi connectivity index (χ1v) is 13.4. The van der Waals surface area contributed by atoms with Crippen LogP contribution >= 0.6 is 0 Å². The van der Waals surface area contributed by atoms with Crippen molar-refractivity contribution in [1.82, 2.24) is 20.0 Å². The van der Waals surface area contributed by atoms with Gasteiger partial charge in [-0.2, -0.15) is 23.5 Å². The quantitative estimate of drug-likeness (QED) is 0.181. The molecule has 0 radical (unpaired) electrons. The lowest BCUT2D eigenvalue weighted by atomic mass is 9.80. The predicted molar refractivity (Wildman–Crippen MR) is 150 cm³/mol. The fourth-order valence-corrected chi connectivity index (χ4v) is 5.29. The van der Waals surface area contributed by atoms with Crippen molar-refractivity contribution in [3.05, 3.63) is 113 Å². The summed E-state index contributed by atoms with van der Waals surface area (Å²) in [6.07, 6.45) is -2.63. The Morgan fingerprint density at radius 2 is 1.77 bits per heavy atom. The molecule has 1 aliphatic heterocycles. The molecule has 0 aliphatic carbocycles. The van der Waals surface area contributed by atoms with Gasteiger partial charge in [0.1, 0.15) is 17.7 Å². The lowest BCUT2D eigenvalue weighted by Crippen LogP contribution is -2.55. The van der Waals surface area contributed by atoms with E-state index in [1.165, 1.54) is 40.1 Å². The first-order valence-electron chi connectivity index (χ1n) is 13.4. The monoisotopic (exact) mass is 590 g/mol. The summed E-state index contributed by atoms with van der Waals surface area (Å²) in [4.78, 5) is 30.4. The van der Waals surface area contributed by atoms with Crippen LogP contribution in [0.15, 0.2) is 78.9 Å². The Morgan fingerprint density at radius 3 is 2.40 bits per heavy atom. The van der Waals surface area contributed by atoms with Gasteiger partial charge >= 0.3 is 6.18 Å². The second-order valence-electron chi connectivity index (χ2n) is 10.0. The maximum Gasteiger partial charge on any atom is 0.416 e. The summed E-state index contributed by atoms with van der Waals surface area (Å²) >= 11 is 0. The minimum Gasteiger partial charge on any atom is -0.339 e. The first kappa shape index (κ1) is 29.3. The Kier molecular flexibility index (Phi) is 7.91. The van der Waals surface area contributed by atoms with E-state index >= 15 is 0 Å². The first-order chi connectivity index (χ1) is 20.5. The van der Waals surface area contributed by atoms with Crippen molar-refractivity contribution in [2.45, 2.75) is 31.6 Å². The smallest absolute Gasteiger partial charge is 0.339 e. The van der Waals surface area contributed by atoms with Gasteiger partial charge in [0.25, 0.3) is 11.8 Å². The molecule has 0 bridgehead atoms. The van der Waals surface area contributed by atoms with Crippen molar-refractivity contribution in [3.8, 4) is 11.9 Å². The van der Waals surface area contributed by atoms with Crippen LogP contribution in [0.2, 0.25) is 0 Å². The molecule has 43 heavy (non-hydrogen) atoms. The number of carbonyl (C=O) groups excluding carboxylic acids is 2. The number of hydrogen-bond acceptors (Lipinski definition) is 5. The van der Waals surface area contributed by atoms with E-state index in [-0.39, 0.29) is 18.7 Å². The third-order valence-corrected chi connectivity index (χ3v) is 7.25. The summed E-state index contributed by atoms with van der Waals surface area (Å²) in [6.45, 7) is 1.97. The van der Waals surface area contributed by atoms with Crippen LogP contribution in [0.25, 0.3) is 5.69 Å². The molecule has 0 saturated heterocycles. The van der Waals surface area contributed by atoms with Gasteiger partial charge in [-0.1, -0.05) is 36.4 Å². The zero-order chi connectivity index (χ0) is 30.9. The maximum atomic E-state index is 14.2. The molecule has 1 N–H and O–H groups in total. The molecule has 220 valence electrons. The number of nitrogens with one attached hydrogen (secondary N) is 1. The molecule has 0 unspecified atom stereocenters. The summed E-state index contributed by atoms with van der Waals surface area (Å²) in [6, 6.07) is 17.1. The number of para-hydroxylation sites is 1. The van der Waals surface area contributed by atoms with E-state index < -0.39 is 41.3 Å². The minimum absolute atomic E-state index is 0.0520. The maximum absolute atomic E-state index is 14.2. The number of alkyl halides is 3. The molecule has 5 rings (SSSR count). The van der Waals surface area contributed by atoms with Crippen LogP contribution in [-0.2, 0) is 17.5 Å². The van der Waals surface area contributed by atoms with E-state index in [1.54, 1.807) is 42.9 Å². The molecule has 0 spiro atoms. The fourth-order valence-electron chi connectivity index (χ4n) is 5.29. The normalized spacial score (nSPS) is 16.4. The number of anilines is 1. The number of aromatic nitrogens is 2. The molecule has 0 fully saturated rings. The Bertz CT molecular complexity index is 1700. The number of halogens is 4. The van der Waals surface area contributed by atoms with Crippen LogP contribution in [0.5, 0.6) is 0 Å². The van der Waals surface area contributed by atoms with Crippen molar-refractivity contribution < 1.29 is 27.2 Å². The molecular formula is C31H26F4N6O2. The minimum atomic E-state index is -4.67. The molecule has 2 atom stereocenters. The molecule has 1 aliphatic rings. The predicted octanol–water partition coefficient (Wildman–Crippen LogP) is 5.24. The van der Waals surface area contributed by atoms with Crippen molar-refractivity contribution in [3.63, 3.8) is 0 Å². The van der Waals surface area contributed by atoms with Gasteiger partial charge in [-0.3, -0.25) is 14.5 Å². The molecule has 2 heterocycles. The Balaban J connectivity index is 1.71. The largest absolute Gasteiger partial charge is 0.416 e. The van der Waals surface area contributed by atoms with E-state index in [1.807, 2.05) is 12.3 Å². The standard InChI is InChI=1S/C31H26F4N6O2/c1-3-40-29-26(24(17-39(2)18-36)38-41(29)23-10-5-4-6-11-23)25(19-12-14-22(32)15-13-19)27(30(40)43)37-28(42)20-8-7-9-21(16-20)31(33,34)35/h4-16,25,27H,3,17H2,1-2H3,(H,37,42)/t25-,27+/m0/s1. The molecule has 2 amide bonds. The van der Waals surface area contributed by atoms with Crippen LogP contribution in [0.4, 0.5) is 23.4 Å². The highest BCUT2D eigenvalue weighted by Crippen LogP contribution is 2.44. The van der Waals surface area contributed by atoms with Gasteiger partial charge < -0.3 is 10.2 Å². The third kappa shape index (κ3) is 5.66. The summed E-state index contributed by atoms with van der Waals surface area (Å²) in [5.74, 6) is -2.43. The lowest BCUT2D eigenvalue weighted by molar-refractivity contribution is -0.137. The van der Waals surface area contributed by atoms with Crippen LogP contribution in [0.1, 0.15) is 45.6 Å². The van der Waals surface area contributed by atoms with Crippen LogP contribution in [0, 0.1) is 17.3 Å². The zero-order valence-corrected chi connectivity index (χ0v) is 23.1. The average molecular weight is 591 g/mol. The lowest BCUT2D eigenvalue weighted by Gasteiger charge is -2.38. The van der Waals surface area contributed by atoms with E-state index in [0.717, 1.165) is 18.2 Å². The average Bonchev–Trinajstić information content (AvgIpc) is 3.36. The number of amides is 2. The summed E-state index contributed by atoms with van der Waals surface area (Å²) in [5.41, 5.74) is 0.775. The van der Waals surface area contributed by atoms with Gasteiger partial charge in [-0.25, -0.2) is 9.07 Å². The second kappa shape index (κ2) is 11.6. The van der Waals surface area contributed by atoms with Gasteiger partial charge in [-0.05, 0) is 55.0 Å². The number of hydrogen-bond donors (Lipinski definition) is 1. The van der Waals surface area contributed by atoms with Crippen molar-refractivity contribution in [2.75, 3.05) is 18.5 Å². The molecule has 1 aromatic heterocycles. The fraction of sp³-hybridized carbons (Fsp3) is 0.226. The SMILES string of the molecule is CCN1C(=O)[C@H](NC(=O)c2cccc(C(F)(F)F)c2)[C@@H](c2ccc(F)cc2)c2c(CN(C)C#N)nn(-c3ccccc3)c21. The van der Waals surface area contributed by atoms with Gasteiger partial charge in [0.2, 0.25) is 0 Å². The van der Waals surface area contributed by atoms with Crippen LogP contribution in [-0.4, -0.2) is 46.1 Å². The van der Waals surface area contributed by atoms with Gasteiger partial charge in [0.05, 0.1) is 23.5 Å². The highest BCUT2D eigenvalue weighted by atomic mass is 19.4. The van der Waals surface area contributed by atoms with Crippen molar-refractivity contribution in [1.29, 1.82) is 5.26 Å².